The standard InChI is InChI=1S/C14H17O2/c1-2-3-4-5-8-12-11-15-13-9-6-7-10-14(13)16-12/h3-4,6-7,9-10,12H,1-2,5,8,11H2. The third-order valence-corrected chi connectivity index (χ3v) is 2.56. The SMILES string of the molecule is [CH2]CC=CCCC1COc2ccccc2O1. The number of fused-ring (bicyclic) bond motifs is 1. The molecule has 1 aromatic rings. The minimum atomic E-state index is 0.171. The van der Waals surface area contributed by atoms with Crippen molar-refractivity contribution in [1.82, 2.24) is 0 Å². The first-order valence-corrected chi connectivity index (χ1v) is 5.73. The maximum atomic E-state index is 5.84. The van der Waals surface area contributed by atoms with Crippen molar-refractivity contribution < 1.29 is 9.47 Å². The molecule has 0 N–H and O–H groups in total. The number of benzene rings is 1. The predicted molar refractivity (Wildman–Crippen MR) is 64.7 cm³/mol. The molecule has 0 bridgehead atoms. The minimum absolute atomic E-state index is 0.171. The fourth-order valence-electron chi connectivity index (χ4n) is 1.72. The van der Waals surface area contributed by atoms with E-state index in [9.17, 15) is 0 Å². The summed E-state index contributed by atoms with van der Waals surface area (Å²) >= 11 is 0. The molecule has 1 radical (unpaired) electrons. The molecule has 0 aliphatic carbocycles. The van der Waals surface area contributed by atoms with Crippen LogP contribution in [0, 0.1) is 6.92 Å². The second-order valence-corrected chi connectivity index (χ2v) is 3.84. The highest BCUT2D eigenvalue weighted by atomic mass is 16.6. The fraction of sp³-hybridized carbons (Fsp3) is 0.357. The van der Waals surface area contributed by atoms with E-state index in [-0.39, 0.29) is 6.10 Å². The molecular formula is C14H17O2. The Bertz CT molecular complexity index is 358. The molecule has 1 aliphatic rings. The van der Waals surface area contributed by atoms with Crippen molar-refractivity contribution in [2.45, 2.75) is 25.4 Å². The molecule has 1 aliphatic heterocycles. The Morgan fingerprint density at radius 3 is 2.88 bits per heavy atom. The number of rotatable bonds is 4. The van der Waals surface area contributed by atoms with Gasteiger partial charge in [0.1, 0.15) is 12.7 Å². The van der Waals surface area contributed by atoms with Crippen LogP contribution in [-0.2, 0) is 0 Å². The van der Waals surface area contributed by atoms with E-state index < -0.39 is 0 Å². The Balaban J connectivity index is 1.86. The summed E-state index contributed by atoms with van der Waals surface area (Å²) in [6, 6.07) is 7.81. The smallest absolute Gasteiger partial charge is 0.161 e. The highest BCUT2D eigenvalue weighted by Gasteiger charge is 2.19. The molecule has 1 atom stereocenters. The van der Waals surface area contributed by atoms with E-state index >= 15 is 0 Å². The van der Waals surface area contributed by atoms with E-state index in [0.717, 1.165) is 30.8 Å². The molecule has 85 valence electrons. The Morgan fingerprint density at radius 1 is 1.25 bits per heavy atom. The Hall–Kier alpha value is -1.44. The summed E-state index contributed by atoms with van der Waals surface area (Å²) in [5.41, 5.74) is 0. The molecule has 16 heavy (non-hydrogen) atoms. The zero-order chi connectivity index (χ0) is 11.2. The topological polar surface area (TPSA) is 18.5 Å². The largest absolute Gasteiger partial charge is 0.486 e. The summed E-state index contributed by atoms with van der Waals surface area (Å²) in [6.07, 6.45) is 7.26. The third-order valence-electron chi connectivity index (χ3n) is 2.56. The van der Waals surface area contributed by atoms with Gasteiger partial charge in [0.15, 0.2) is 11.5 Å². The van der Waals surface area contributed by atoms with E-state index in [4.69, 9.17) is 9.47 Å². The molecular weight excluding hydrogens is 200 g/mol. The van der Waals surface area contributed by atoms with Crippen molar-refractivity contribution in [1.29, 1.82) is 0 Å². The lowest BCUT2D eigenvalue weighted by Gasteiger charge is -2.26. The molecule has 0 spiro atoms. The molecule has 1 aromatic carbocycles. The van der Waals surface area contributed by atoms with E-state index in [2.05, 4.69) is 19.1 Å². The van der Waals surface area contributed by atoms with Crippen LogP contribution in [0.3, 0.4) is 0 Å². The van der Waals surface area contributed by atoms with Gasteiger partial charge in [-0.3, -0.25) is 0 Å². The first-order valence-electron chi connectivity index (χ1n) is 5.73. The molecule has 0 fully saturated rings. The van der Waals surface area contributed by atoms with E-state index in [1.54, 1.807) is 0 Å². The number of allylic oxidation sites excluding steroid dienone is 2. The van der Waals surface area contributed by atoms with Crippen LogP contribution in [0.5, 0.6) is 11.5 Å². The van der Waals surface area contributed by atoms with Crippen molar-refractivity contribution in [3.8, 4) is 11.5 Å². The summed E-state index contributed by atoms with van der Waals surface area (Å²) < 4.78 is 11.5. The lowest BCUT2D eigenvalue weighted by Crippen LogP contribution is -2.28. The van der Waals surface area contributed by atoms with Crippen LogP contribution >= 0.6 is 0 Å². The van der Waals surface area contributed by atoms with Crippen LogP contribution in [0.25, 0.3) is 0 Å². The summed E-state index contributed by atoms with van der Waals surface area (Å²) in [7, 11) is 0. The Morgan fingerprint density at radius 2 is 2.06 bits per heavy atom. The lowest BCUT2D eigenvalue weighted by atomic mass is 10.1. The highest BCUT2D eigenvalue weighted by molar-refractivity contribution is 5.40. The van der Waals surface area contributed by atoms with Gasteiger partial charge < -0.3 is 9.47 Å². The summed E-state index contributed by atoms with van der Waals surface area (Å²) in [4.78, 5) is 0. The number of hydrogen-bond acceptors (Lipinski definition) is 2. The van der Waals surface area contributed by atoms with E-state index in [1.807, 2.05) is 24.3 Å². The average molecular weight is 217 g/mol. The zero-order valence-electron chi connectivity index (χ0n) is 9.39. The van der Waals surface area contributed by atoms with Gasteiger partial charge in [0, 0.05) is 0 Å². The van der Waals surface area contributed by atoms with Gasteiger partial charge in [0.25, 0.3) is 0 Å². The molecule has 2 rings (SSSR count). The van der Waals surface area contributed by atoms with E-state index in [1.165, 1.54) is 0 Å². The van der Waals surface area contributed by atoms with Gasteiger partial charge in [-0.2, -0.15) is 0 Å². The molecule has 1 unspecified atom stereocenters. The van der Waals surface area contributed by atoms with Gasteiger partial charge in [-0.25, -0.2) is 0 Å². The fourth-order valence-corrected chi connectivity index (χ4v) is 1.72. The quantitative estimate of drug-likeness (QED) is 0.720. The van der Waals surface area contributed by atoms with Gasteiger partial charge in [-0.05, 0) is 38.3 Å². The molecule has 0 saturated heterocycles. The lowest BCUT2D eigenvalue weighted by molar-refractivity contribution is 0.0856. The molecule has 0 aromatic heterocycles. The van der Waals surface area contributed by atoms with Gasteiger partial charge in [-0.1, -0.05) is 24.3 Å². The van der Waals surface area contributed by atoms with Crippen LogP contribution in [-0.4, -0.2) is 12.7 Å². The van der Waals surface area contributed by atoms with Crippen LogP contribution in [0.2, 0.25) is 0 Å². The first-order chi connectivity index (χ1) is 7.90. The van der Waals surface area contributed by atoms with Crippen LogP contribution in [0.1, 0.15) is 19.3 Å². The van der Waals surface area contributed by atoms with Gasteiger partial charge >= 0.3 is 0 Å². The van der Waals surface area contributed by atoms with E-state index in [0.29, 0.717) is 6.61 Å². The maximum absolute atomic E-state index is 5.84. The van der Waals surface area contributed by atoms with Crippen molar-refractivity contribution in [3.05, 3.63) is 43.3 Å². The third kappa shape index (κ3) is 2.78. The highest BCUT2D eigenvalue weighted by Crippen LogP contribution is 2.31. The Kier molecular flexibility index (Phi) is 3.86. The van der Waals surface area contributed by atoms with Gasteiger partial charge in [0.2, 0.25) is 0 Å². The maximum Gasteiger partial charge on any atom is 0.161 e. The van der Waals surface area contributed by atoms with Gasteiger partial charge in [0.05, 0.1) is 0 Å². The molecule has 0 amide bonds. The second-order valence-electron chi connectivity index (χ2n) is 3.84. The van der Waals surface area contributed by atoms with Crippen LogP contribution in [0.4, 0.5) is 0 Å². The van der Waals surface area contributed by atoms with Crippen LogP contribution < -0.4 is 9.47 Å². The summed E-state index contributed by atoms with van der Waals surface area (Å²) in [6.45, 7) is 4.41. The predicted octanol–water partition coefficient (Wildman–Crippen LogP) is 3.39. The van der Waals surface area contributed by atoms with Crippen molar-refractivity contribution >= 4 is 0 Å². The van der Waals surface area contributed by atoms with Crippen molar-refractivity contribution in [2.75, 3.05) is 6.61 Å². The number of para-hydroxylation sites is 2. The first kappa shape index (κ1) is 11.1. The normalized spacial score (nSPS) is 18.9. The molecule has 2 heteroatoms. The average Bonchev–Trinajstić information content (AvgIpc) is 2.34. The number of ether oxygens (including phenoxy) is 2. The van der Waals surface area contributed by atoms with Crippen molar-refractivity contribution in [2.24, 2.45) is 0 Å². The molecule has 2 nitrogen and oxygen atoms in total. The monoisotopic (exact) mass is 217 g/mol. The minimum Gasteiger partial charge on any atom is -0.486 e. The Labute approximate surface area is 96.9 Å². The summed E-state index contributed by atoms with van der Waals surface area (Å²) in [5, 5.41) is 0. The van der Waals surface area contributed by atoms with Crippen LogP contribution in [0.15, 0.2) is 36.4 Å². The number of hydrogen-bond donors (Lipinski definition) is 0. The second kappa shape index (κ2) is 5.59. The van der Waals surface area contributed by atoms with Gasteiger partial charge in [-0.15, -0.1) is 0 Å². The molecule has 0 saturated carbocycles. The summed E-state index contributed by atoms with van der Waals surface area (Å²) in [5.74, 6) is 1.71. The van der Waals surface area contributed by atoms with Crippen molar-refractivity contribution in [3.63, 3.8) is 0 Å². The molecule has 1 heterocycles. The zero-order valence-corrected chi connectivity index (χ0v) is 9.39.